The van der Waals surface area contributed by atoms with E-state index in [1.165, 1.54) is 0 Å². The van der Waals surface area contributed by atoms with E-state index in [1.54, 1.807) is 0 Å². The van der Waals surface area contributed by atoms with Gasteiger partial charge >= 0.3 is 6.09 Å². The maximum absolute atomic E-state index is 13.6. The van der Waals surface area contributed by atoms with Crippen LogP contribution in [0, 0.1) is 12.8 Å². The summed E-state index contributed by atoms with van der Waals surface area (Å²) in [6, 6.07) is 11.9. The highest BCUT2D eigenvalue weighted by molar-refractivity contribution is 6.10. The van der Waals surface area contributed by atoms with E-state index < -0.39 is 5.60 Å². The summed E-state index contributed by atoms with van der Waals surface area (Å²) >= 11 is 0. The lowest BCUT2D eigenvalue weighted by atomic mass is 9.79. The average Bonchev–Trinajstić information content (AvgIpc) is 2.65. The molecule has 2 fully saturated rings. The van der Waals surface area contributed by atoms with Crippen molar-refractivity contribution in [3.8, 4) is 0 Å². The quantitative estimate of drug-likeness (QED) is 0.689. The van der Waals surface area contributed by atoms with E-state index in [-0.39, 0.29) is 29.9 Å². The number of fused-ring (bicyclic) bond motifs is 3. The fourth-order valence-electron chi connectivity index (χ4n) is 4.65. The molecule has 5 nitrogen and oxygen atoms in total. The van der Waals surface area contributed by atoms with Crippen molar-refractivity contribution in [3.63, 3.8) is 0 Å². The summed E-state index contributed by atoms with van der Waals surface area (Å²) in [5.41, 5.74) is 1.28. The molecule has 154 valence electrons. The third-order valence-corrected chi connectivity index (χ3v) is 5.88. The molecule has 2 aliphatic heterocycles. The topological polar surface area (TPSA) is 55.8 Å². The Morgan fingerprint density at radius 1 is 1.03 bits per heavy atom. The number of piperidine rings is 1. The minimum atomic E-state index is -0.543. The fraction of sp³-hybridized carbons (Fsp3) is 0.500. The number of hydrogen-bond acceptors (Lipinski definition) is 4. The highest BCUT2D eigenvalue weighted by Gasteiger charge is 2.45. The van der Waals surface area contributed by atoms with Crippen LogP contribution in [0.5, 0.6) is 0 Å². The summed E-state index contributed by atoms with van der Waals surface area (Å²) in [6.45, 7) is 8.52. The van der Waals surface area contributed by atoms with Gasteiger partial charge in [0, 0.05) is 11.5 Å². The van der Waals surface area contributed by atoms with Gasteiger partial charge in [0.1, 0.15) is 5.60 Å². The number of nitrogens with zero attached hydrogens (tertiary/aromatic N) is 1. The van der Waals surface area contributed by atoms with Gasteiger partial charge in [0.2, 0.25) is 0 Å². The van der Waals surface area contributed by atoms with Crippen molar-refractivity contribution in [2.75, 3.05) is 13.2 Å². The fourth-order valence-corrected chi connectivity index (χ4v) is 4.65. The molecule has 0 spiro atoms. The van der Waals surface area contributed by atoms with Crippen LogP contribution in [0.2, 0.25) is 0 Å². The van der Waals surface area contributed by atoms with E-state index in [2.05, 4.69) is 6.07 Å². The van der Waals surface area contributed by atoms with Crippen molar-refractivity contribution in [1.29, 1.82) is 0 Å². The molecule has 2 aliphatic rings. The average molecular weight is 395 g/mol. The Labute approximate surface area is 172 Å². The minimum absolute atomic E-state index is 0.114. The summed E-state index contributed by atoms with van der Waals surface area (Å²) in [5.74, 6) is 0.0668. The standard InChI is InChI=1S/C24H29NO4/c1-15-9-10-16-7-5-6-8-20(16)21(15)22(26)17-11-18-13-28-14-19(12-17)25(18)23(27)29-24(2,3)4/h5-10,17-19H,11-14H2,1-4H3. The molecule has 0 radical (unpaired) electrons. The predicted octanol–water partition coefficient (Wildman–Crippen LogP) is 4.75. The number of amides is 1. The predicted molar refractivity (Wildman–Crippen MR) is 112 cm³/mol. The van der Waals surface area contributed by atoms with Gasteiger partial charge < -0.3 is 9.47 Å². The Morgan fingerprint density at radius 2 is 1.69 bits per heavy atom. The third kappa shape index (κ3) is 3.88. The lowest BCUT2D eigenvalue weighted by Crippen LogP contribution is -2.60. The van der Waals surface area contributed by atoms with Crippen LogP contribution in [-0.2, 0) is 9.47 Å². The minimum Gasteiger partial charge on any atom is -0.444 e. The van der Waals surface area contributed by atoms with Crippen molar-refractivity contribution < 1.29 is 19.1 Å². The van der Waals surface area contributed by atoms with E-state index in [9.17, 15) is 9.59 Å². The number of Topliss-reactive ketones (excluding diaryl/α,β-unsaturated/α-hetero) is 1. The summed E-state index contributed by atoms with van der Waals surface area (Å²) in [7, 11) is 0. The van der Waals surface area contributed by atoms with Gasteiger partial charge in [-0.2, -0.15) is 0 Å². The summed E-state index contributed by atoms with van der Waals surface area (Å²) in [4.78, 5) is 28.2. The molecule has 0 aromatic heterocycles. The van der Waals surface area contributed by atoms with Crippen LogP contribution < -0.4 is 0 Å². The Bertz CT molecular complexity index is 932. The van der Waals surface area contributed by atoms with Crippen LogP contribution >= 0.6 is 0 Å². The Hall–Kier alpha value is -2.40. The van der Waals surface area contributed by atoms with E-state index in [4.69, 9.17) is 9.47 Å². The summed E-state index contributed by atoms with van der Waals surface area (Å²) in [5, 5.41) is 2.09. The molecule has 1 amide bonds. The smallest absolute Gasteiger partial charge is 0.410 e. The highest BCUT2D eigenvalue weighted by Crippen LogP contribution is 2.36. The first kappa shape index (κ1) is 19.9. The third-order valence-electron chi connectivity index (χ3n) is 5.88. The molecular weight excluding hydrogens is 366 g/mol. The summed E-state index contributed by atoms with van der Waals surface area (Å²) in [6.07, 6.45) is 0.914. The molecule has 2 aromatic carbocycles. The monoisotopic (exact) mass is 395 g/mol. The van der Waals surface area contributed by atoms with Gasteiger partial charge in [-0.15, -0.1) is 0 Å². The van der Waals surface area contributed by atoms with Crippen LogP contribution in [0.4, 0.5) is 4.79 Å². The van der Waals surface area contributed by atoms with E-state index in [1.807, 2.05) is 62.9 Å². The van der Waals surface area contributed by atoms with Gasteiger partial charge in [-0.25, -0.2) is 4.79 Å². The first-order valence-corrected chi connectivity index (χ1v) is 10.4. The van der Waals surface area contributed by atoms with Gasteiger partial charge in [-0.3, -0.25) is 9.69 Å². The number of carbonyl (C=O) groups is 2. The molecule has 4 rings (SSSR count). The molecule has 5 heteroatoms. The zero-order chi connectivity index (χ0) is 20.8. The van der Waals surface area contributed by atoms with Gasteiger partial charge in [-0.05, 0) is 56.9 Å². The molecule has 29 heavy (non-hydrogen) atoms. The van der Waals surface area contributed by atoms with Crippen LogP contribution in [-0.4, -0.2) is 47.7 Å². The molecule has 2 aromatic rings. The zero-order valence-electron chi connectivity index (χ0n) is 17.6. The molecule has 0 saturated carbocycles. The molecular formula is C24H29NO4. The van der Waals surface area contributed by atoms with Crippen LogP contribution in [0.1, 0.15) is 49.5 Å². The van der Waals surface area contributed by atoms with E-state index in [0.29, 0.717) is 26.1 Å². The number of ketones is 1. The molecule has 2 heterocycles. The first-order valence-electron chi connectivity index (χ1n) is 10.4. The van der Waals surface area contributed by atoms with Crippen molar-refractivity contribution in [2.45, 2.75) is 58.2 Å². The van der Waals surface area contributed by atoms with Gasteiger partial charge in [0.25, 0.3) is 0 Å². The van der Waals surface area contributed by atoms with Gasteiger partial charge in [0.05, 0.1) is 25.3 Å². The second-order valence-electron chi connectivity index (χ2n) is 9.24. The molecule has 0 aliphatic carbocycles. The number of aryl methyl sites for hydroxylation is 1. The van der Waals surface area contributed by atoms with Gasteiger partial charge in [0.15, 0.2) is 5.78 Å². The lowest BCUT2D eigenvalue weighted by Gasteiger charge is -2.48. The number of hydrogen-bond donors (Lipinski definition) is 0. The van der Waals surface area contributed by atoms with Gasteiger partial charge in [-0.1, -0.05) is 36.4 Å². The number of rotatable bonds is 2. The van der Waals surface area contributed by atoms with Crippen LogP contribution in [0.15, 0.2) is 36.4 Å². The number of benzene rings is 2. The molecule has 2 atom stereocenters. The Balaban J connectivity index is 1.61. The van der Waals surface area contributed by atoms with Crippen molar-refractivity contribution in [3.05, 3.63) is 47.5 Å². The molecule has 2 bridgehead atoms. The van der Waals surface area contributed by atoms with Crippen molar-refractivity contribution >= 4 is 22.6 Å². The Morgan fingerprint density at radius 3 is 2.34 bits per heavy atom. The van der Waals surface area contributed by atoms with E-state index >= 15 is 0 Å². The van der Waals surface area contributed by atoms with Crippen LogP contribution in [0.3, 0.4) is 0 Å². The maximum Gasteiger partial charge on any atom is 0.410 e. The van der Waals surface area contributed by atoms with E-state index in [0.717, 1.165) is 21.9 Å². The molecule has 2 unspecified atom stereocenters. The molecule has 0 N–H and O–H groups in total. The highest BCUT2D eigenvalue weighted by atomic mass is 16.6. The summed E-state index contributed by atoms with van der Waals surface area (Å²) < 4.78 is 11.3. The second-order valence-corrected chi connectivity index (χ2v) is 9.24. The zero-order valence-corrected chi connectivity index (χ0v) is 17.6. The number of morpholine rings is 1. The normalized spacial score (nSPS) is 24.4. The number of ether oxygens (including phenoxy) is 2. The maximum atomic E-state index is 13.6. The van der Waals surface area contributed by atoms with Crippen LogP contribution in [0.25, 0.3) is 10.8 Å². The first-order chi connectivity index (χ1) is 13.7. The second kappa shape index (κ2) is 7.45. The molecule has 2 saturated heterocycles. The lowest BCUT2D eigenvalue weighted by molar-refractivity contribution is -0.0861. The van der Waals surface area contributed by atoms with Crippen molar-refractivity contribution in [2.24, 2.45) is 5.92 Å². The van der Waals surface area contributed by atoms with Crippen molar-refractivity contribution in [1.82, 2.24) is 4.90 Å². The largest absolute Gasteiger partial charge is 0.444 e. The SMILES string of the molecule is Cc1ccc2ccccc2c1C(=O)C1CC2COCC(C1)N2C(=O)OC(C)(C)C. The Kier molecular flexibility index (Phi) is 5.11. The number of carbonyl (C=O) groups excluding carboxylic acids is 2.